The minimum Gasteiger partial charge on any atom is -0.478 e. The molecule has 2 aromatic carbocycles. The van der Waals surface area contributed by atoms with Gasteiger partial charge in [0.1, 0.15) is 10.8 Å². The van der Waals surface area contributed by atoms with Crippen LogP contribution in [0.2, 0.25) is 5.02 Å². The quantitative estimate of drug-likeness (QED) is 0.379. The molecule has 0 fully saturated rings. The summed E-state index contributed by atoms with van der Waals surface area (Å²) in [5.41, 5.74) is 1.49. The zero-order valence-electron chi connectivity index (χ0n) is 20.1. The van der Waals surface area contributed by atoms with Crippen LogP contribution in [0, 0.1) is 0 Å². The molecule has 1 aliphatic heterocycles. The third-order valence-electron chi connectivity index (χ3n) is 5.83. The highest BCUT2D eigenvalue weighted by Crippen LogP contribution is 2.38. The van der Waals surface area contributed by atoms with Crippen LogP contribution in [0.1, 0.15) is 47.1 Å². The molecule has 1 amide bonds. The standard InChI is InChI=1S/C27H29ClN2O4S/c1-4-33-25(31)23-21-14-15-30(16-18-8-6-5-7-9-18)17-22(21)35-24(23)29-26(32)27(2,3)34-20-12-10-19(28)11-13-20/h5-13H,4,14-17H2,1-3H3,(H,29,32). The zero-order valence-corrected chi connectivity index (χ0v) is 21.7. The lowest BCUT2D eigenvalue weighted by Gasteiger charge is -2.27. The van der Waals surface area contributed by atoms with E-state index < -0.39 is 11.6 Å². The molecule has 0 radical (unpaired) electrons. The fourth-order valence-corrected chi connectivity index (χ4v) is 5.44. The topological polar surface area (TPSA) is 67.9 Å². The molecule has 0 spiro atoms. The van der Waals surface area contributed by atoms with Crippen LogP contribution in [-0.2, 0) is 29.0 Å². The zero-order chi connectivity index (χ0) is 25.0. The SMILES string of the molecule is CCOC(=O)c1c(NC(=O)C(C)(C)Oc2ccc(Cl)cc2)sc2c1CCN(Cc1ccccc1)C2. The van der Waals surface area contributed by atoms with Crippen LogP contribution in [0.4, 0.5) is 5.00 Å². The summed E-state index contributed by atoms with van der Waals surface area (Å²) in [6.45, 7) is 7.79. The number of benzene rings is 2. The van der Waals surface area contributed by atoms with E-state index in [2.05, 4.69) is 22.3 Å². The molecule has 8 heteroatoms. The summed E-state index contributed by atoms with van der Waals surface area (Å²) in [5, 5.41) is 4.05. The van der Waals surface area contributed by atoms with Gasteiger partial charge in [-0.3, -0.25) is 9.69 Å². The molecule has 0 saturated carbocycles. The molecular weight excluding hydrogens is 484 g/mol. The van der Waals surface area contributed by atoms with Gasteiger partial charge in [0, 0.05) is 29.5 Å². The van der Waals surface area contributed by atoms with Gasteiger partial charge < -0.3 is 14.8 Å². The van der Waals surface area contributed by atoms with Crippen molar-refractivity contribution in [3.63, 3.8) is 0 Å². The smallest absolute Gasteiger partial charge is 0.341 e. The molecule has 6 nitrogen and oxygen atoms in total. The van der Waals surface area contributed by atoms with Crippen molar-refractivity contribution in [2.75, 3.05) is 18.5 Å². The number of halogens is 1. The maximum atomic E-state index is 13.2. The number of hydrogen-bond acceptors (Lipinski definition) is 6. The van der Waals surface area contributed by atoms with Gasteiger partial charge in [-0.15, -0.1) is 11.3 Å². The Morgan fingerprint density at radius 1 is 1.11 bits per heavy atom. The number of carbonyl (C=O) groups is 2. The minimum absolute atomic E-state index is 0.266. The van der Waals surface area contributed by atoms with Gasteiger partial charge in [-0.25, -0.2) is 4.79 Å². The number of hydrogen-bond donors (Lipinski definition) is 1. The third kappa shape index (κ3) is 6.04. The lowest BCUT2D eigenvalue weighted by atomic mass is 10.0. The fraction of sp³-hybridized carbons (Fsp3) is 0.333. The molecule has 0 bridgehead atoms. The summed E-state index contributed by atoms with van der Waals surface area (Å²) >= 11 is 7.39. The molecule has 0 atom stereocenters. The van der Waals surface area contributed by atoms with Crippen molar-refractivity contribution in [3.05, 3.63) is 81.2 Å². The van der Waals surface area contributed by atoms with Gasteiger partial charge in [0.2, 0.25) is 0 Å². The van der Waals surface area contributed by atoms with Gasteiger partial charge in [0.15, 0.2) is 5.60 Å². The molecule has 2 heterocycles. The Morgan fingerprint density at radius 3 is 2.51 bits per heavy atom. The Bertz CT molecular complexity index is 1190. The number of anilines is 1. The maximum Gasteiger partial charge on any atom is 0.341 e. The molecule has 1 N–H and O–H groups in total. The summed E-state index contributed by atoms with van der Waals surface area (Å²) in [5.74, 6) is -0.229. The van der Waals surface area contributed by atoms with E-state index in [9.17, 15) is 9.59 Å². The van der Waals surface area contributed by atoms with Gasteiger partial charge in [-0.2, -0.15) is 0 Å². The minimum atomic E-state index is -1.18. The van der Waals surface area contributed by atoms with Gasteiger partial charge in [-0.1, -0.05) is 41.9 Å². The second-order valence-corrected chi connectivity index (χ2v) is 10.4. The number of rotatable bonds is 8. The Hall–Kier alpha value is -2.87. The Balaban J connectivity index is 1.55. The molecule has 0 aliphatic carbocycles. The molecule has 35 heavy (non-hydrogen) atoms. The number of amides is 1. The van der Waals surface area contributed by atoms with Crippen molar-refractivity contribution in [2.24, 2.45) is 0 Å². The molecule has 0 unspecified atom stereocenters. The lowest BCUT2D eigenvalue weighted by molar-refractivity contribution is -0.128. The normalized spacial score (nSPS) is 13.7. The summed E-state index contributed by atoms with van der Waals surface area (Å²) in [6, 6.07) is 17.2. The van der Waals surface area contributed by atoms with E-state index in [0.29, 0.717) is 34.3 Å². The number of ether oxygens (including phenoxy) is 2. The van der Waals surface area contributed by atoms with E-state index >= 15 is 0 Å². The number of nitrogens with zero attached hydrogens (tertiary/aromatic N) is 1. The number of fused-ring (bicyclic) bond motifs is 1. The van der Waals surface area contributed by atoms with E-state index in [4.69, 9.17) is 21.1 Å². The summed E-state index contributed by atoms with van der Waals surface area (Å²) in [4.78, 5) is 29.6. The van der Waals surface area contributed by atoms with Crippen LogP contribution in [-0.4, -0.2) is 35.5 Å². The van der Waals surface area contributed by atoms with Crippen LogP contribution in [0.25, 0.3) is 0 Å². The fourth-order valence-electron chi connectivity index (χ4n) is 4.04. The predicted octanol–water partition coefficient (Wildman–Crippen LogP) is 5.93. The predicted molar refractivity (Wildman–Crippen MR) is 139 cm³/mol. The number of thiophene rings is 1. The highest BCUT2D eigenvalue weighted by molar-refractivity contribution is 7.17. The maximum absolute atomic E-state index is 13.2. The molecule has 4 rings (SSSR count). The van der Waals surface area contributed by atoms with Crippen molar-refractivity contribution in [2.45, 2.75) is 45.9 Å². The van der Waals surface area contributed by atoms with Crippen LogP contribution in [0.5, 0.6) is 5.75 Å². The summed E-state index contributed by atoms with van der Waals surface area (Å²) in [7, 11) is 0. The first-order valence-electron chi connectivity index (χ1n) is 11.6. The summed E-state index contributed by atoms with van der Waals surface area (Å²) in [6.07, 6.45) is 0.716. The molecule has 3 aromatic rings. The van der Waals surface area contributed by atoms with E-state index in [0.717, 1.165) is 23.5 Å². The van der Waals surface area contributed by atoms with Gasteiger partial charge in [0.25, 0.3) is 5.91 Å². The number of carbonyl (C=O) groups excluding carboxylic acids is 2. The Labute approximate surface area is 214 Å². The highest BCUT2D eigenvalue weighted by Gasteiger charge is 2.34. The molecule has 1 aliphatic rings. The second-order valence-electron chi connectivity index (χ2n) is 8.90. The lowest BCUT2D eigenvalue weighted by Crippen LogP contribution is -2.42. The second kappa shape index (κ2) is 10.8. The van der Waals surface area contributed by atoms with Gasteiger partial charge in [0.05, 0.1) is 12.2 Å². The van der Waals surface area contributed by atoms with Crippen molar-refractivity contribution in [3.8, 4) is 5.75 Å². The Kier molecular flexibility index (Phi) is 7.79. The number of nitrogens with one attached hydrogen (secondary N) is 1. The molecule has 1 aromatic heterocycles. The van der Waals surface area contributed by atoms with Crippen molar-refractivity contribution in [1.82, 2.24) is 4.90 Å². The Morgan fingerprint density at radius 2 is 1.83 bits per heavy atom. The number of esters is 1. The van der Waals surface area contributed by atoms with Crippen LogP contribution in [0.3, 0.4) is 0 Å². The van der Waals surface area contributed by atoms with E-state index in [1.165, 1.54) is 16.9 Å². The third-order valence-corrected chi connectivity index (χ3v) is 7.21. The molecular formula is C27H29ClN2O4S. The first-order valence-corrected chi connectivity index (χ1v) is 12.8. The van der Waals surface area contributed by atoms with E-state index in [-0.39, 0.29) is 12.5 Å². The first-order chi connectivity index (χ1) is 16.8. The molecule has 0 saturated heterocycles. The van der Waals surface area contributed by atoms with Crippen molar-refractivity contribution < 1.29 is 19.1 Å². The van der Waals surface area contributed by atoms with Crippen LogP contribution >= 0.6 is 22.9 Å². The largest absolute Gasteiger partial charge is 0.478 e. The van der Waals surface area contributed by atoms with Gasteiger partial charge in [-0.05, 0) is 62.6 Å². The van der Waals surface area contributed by atoms with E-state index in [1.807, 2.05) is 18.2 Å². The van der Waals surface area contributed by atoms with Crippen LogP contribution < -0.4 is 10.1 Å². The van der Waals surface area contributed by atoms with Crippen molar-refractivity contribution in [1.29, 1.82) is 0 Å². The van der Waals surface area contributed by atoms with Crippen molar-refractivity contribution >= 4 is 39.8 Å². The average Bonchev–Trinajstić information content (AvgIpc) is 3.18. The van der Waals surface area contributed by atoms with Gasteiger partial charge >= 0.3 is 5.97 Å². The summed E-state index contributed by atoms with van der Waals surface area (Å²) < 4.78 is 11.3. The first kappa shape index (κ1) is 25.2. The highest BCUT2D eigenvalue weighted by atomic mass is 35.5. The van der Waals surface area contributed by atoms with Crippen LogP contribution in [0.15, 0.2) is 54.6 Å². The van der Waals surface area contributed by atoms with E-state index in [1.54, 1.807) is 45.0 Å². The monoisotopic (exact) mass is 512 g/mol. The average molecular weight is 513 g/mol. The molecule has 184 valence electrons.